The summed E-state index contributed by atoms with van der Waals surface area (Å²) in [5.41, 5.74) is 9.80. The van der Waals surface area contributed by atoms with Crippen molar-refractivity contribution in [1.29, 1.82) is 0 Å². The maximum absolute atomic E-state index is 5.27. The molecule has 3 heteroatoms. The second-order valence-corrected chi connectivity index (χ2v) is 14.9. The third kappa shape index (κ3) is 6.16. The van der Waals surface area contributed by atoms with E-state index >= 15 is 0 Å². The predicted molar refractivity (Wildman–Crippen MR) is 242 cm³/mol. The van der Waals surface area contributed by atoms with E-state index in [4.69, 9.17) is 15.0 Å². The van der Waals surface area contributed by atoms with Gasteiger partial charge in [-0.3, -0.25) is 0 Å². The minimum absolute atomic E-state index is 0.629. The molecule has 0 atom stereocenters. The number of hydrogen-bond acceptors (Lipinski definition) is 3. The molecule has 0 aliphatic carbocycles. The molecule has 1 aromatic heterocycles. The summed E-state index contributed by atoms with van der Waals surface area (Å²) in [5, 5.41) is 9.46. The molecule has 0 unspecified atom stereocenters. The smallest absolute Gasteiger partial charge is 0.164 e. The Morgan fingerprint density at radius 3 is 1.48 bits per heavy atom. The van der Waals surface area contributed by atoms with E-state index in [2.05, 4.69) is 212 Å². The molecule has 0 aliphatic rings. The first-order valence-electron chi connectivity index (χ1n) is 19.7. The Kier molecular flexibility index (Phi) is 8.15. The van der Waals surface area contributed by atoms with E-state index in [1.807, 2.05) is 0 Å². The summed E-state index contributed by atoms with van der Waals surface area (Å²) in [6, 6.07) is 75.5. The monoisotopic (exact) mass is 737 g/mol. The van der Waals surface area contributed by atoms with Gasteiger partial charge in [0.2, 0.25) is 0 Å². The minimum atomic E-state index is 0.629. The van der Waals surface area contributed by atoms with Crippen molar-refractivity contribution in [3.05, 3.63) is 212 Å². The van der Waals surface area contributed by atoms with Crippen molar-refractivity contribution in [3.8, 4) is 67.5 Å². The molecule has 10 aromatic carbocycles. The number of rotatable bonds is 6. The van der Waals surface area contributed by atoms with Gasteiger partial charge in [0, 0.05) is 16.7 Å². The number of aromatic nitrogens is 3. The summed E-state index contributed by atoms with van der Waals surface area (Å²) in [6.45, 7) is 0. The highest BCUT2D eigenvalue weighted by molar-refractivity contribution is 6.01. The zero-order valence-corrected chi connectivity index (χ0v) is 31.5. The lowest BCUT2D eigenvalue weighted by Crippen LogP contribution is -2.01. The minimum Gasteiger partial charge on any atom is -0.208 e. The van der Waals surface area contributed by atoms with Crippen molar-refractivity contribution in [2.75, 3.05) is 0 Å². The fraction of sp³-hybridized carbons (Fsp3) is 0. The number of benzene rings is 10. The topological polar surface area (TPSA) is 38.7 Å². The summed E-state index contributed by atoms with van der Waals surface area (Å²) in [6.07, 6.45) is 0. The highest BCUT2D eigenvalue weighted by Gasteiger charge is 2.17. The molecule has 11 rings (SSSR count). The summed E-state index contributed by atoms with van der Waals surface area (Å²) in [4.78, 5) is 15.7. The van der Waals surface area contributed by atoms with Crippen LogP contribution in [0.25, 0.3) is 111 Å². The van der Waals surface area contributed by atoms with Crippen LogP contribution >= 0.6 is 0 Å². The molecule has 270 valence electrons. The van der Waals surface area contributed by atoms with Crippen molar-refractivity contribution >= 4 is 43.1 Å². The van der Waals surface area contributed by atoms with E-state index in [-0.39, 0.29) is 0 Å². The third-order valence-electron chi connectivity index (χ3n) is 11.2. The molecule has 11 aromatic rings. The first-order chi connectivity index (χ1) is 28.7. The molecule has 0 radical (unpaired) electrons. The molecule has 0 amide bonds. The zero-order valence-electron chi connectivity index (χ0n) is 31.5. The van der Waals surface area contributed by atoms with Gasteiger partial charge >= 0.3 is 0 Å². The molecule has 0 saturated carbocycles. The first kappa shape index (κ1) is 33.6. The van der Waals surface area contributed by atoms with E-state index in [0.717, 1.165) is 55.1 Å². The molecule has 0 spiro atoms. The van der Waals surface area contributed by atoms with Crippen LogP contribution in [-0.2, 0) is 0 Å². The van der Waals surface area contributed by atoms with Gasteiger partial charge in [0.25, 0.3) is 0 Å². The Balaban J connectivity index is 1.04. The Hall–Kier alpha value is -7.75. The van der Waals surface area contributed by atoms with E-state index in [1.54, 1.807) is 0 Å². The Morgan fingerprint density at radius 1 is 0.207 bits per heavy atom. The summed E-state index contributed by atoms with van der Waals surface area (Å²) < 4.78 is 0. The van der Waals surface area contributed by atoms with Gasteiger partial charge in [-0.2, -0.15) is 0 Å². The lowest BCUT2D eigenvalue weighted by molar-refractivity contribution is 1.08. The fourth-order valence-corrected chi connectivity index (χ4v) is 8.28. The maximum atomic E-state index is 5.27. The van der Waals surface area contributed by atoms with Crippen LogP contribution in [0.3, 0.4) is 0 Å². The van der Waals surface area contributed by atoms with Gasteiger partial charge < -0.3 is 0 Å². The van der Waals surface area contributed by atoms with Gasteiger partial charge in [-0.15, -0.1) is 0 Å². The number of fused-ring (bicyclic) bond motifs is 4. The Morgan fingerprint density at radius 2 is 0.672 bits per heavy atom. The van der Waals surface area contributed by atoms with E-state index in [9.17, 15) is 0 Å². The lowest BCUT2D eigenvalue weighted by Gasteiger charge is -2.13. The van der Waals surface area contributed by atoms with Crippen LogP contribution in [0, 0.1) is 0 Å². The van der Waals surface area contributed by atoms with Crippen molar-refractivity contribution in [2.24, 2.45) is 0 Å². The van der Waals surface area contributed by atoms with Gasteiger partial charge in [-0.05, 0) is 113 Å². The molecule has 0 bridgehead atoms. The maximum Gasteiger partial charge on any atom is 0.164 e. The second-order valence-electron chi connectivity index (χ2n) is 14.9. The van der Waals surface area contributed by atoms with Crippen LogP contribution in [0.15, 0.2) is 212 Å². The summed E-state index contributed by atoms with van der Waals surface area (Å²) in [7, 11) is 0. The lowest BCUT2D eigenvalue weighted by atomic mass is 9.94. The molecular formula is C55H35N3. The van der Waals surface area contributed by atoms with Crippen LogP contribution < -0.4 is 0 Å². The van der Waals surface area contributed by atoms with Crippen molar-refractivity contribution in [3.63, 3.8) is 0 Å². The Labute approximate surface area is 336 Å². The fourth-order valence-electron chi connectivity index (χ4n) is 8.28. The molecule has 0 aliphatic heterocycles. The number of nitrogens with zero attached hydrogens (tertiary/aromatic N) is 3. The highest BCUT2D eigenvalue weighted by Crippen LogP contribution is 2.37. The average molecular weight is 738 g/mol. The molecular weight excluding hydrogens is 703 g/mol. The largest absolute Gasteiger partial charge is 0.208 e. The number of hydrogen-bond donors (Lipinski definition) is 0. The quantitative estimate of drug-likeness (QED) is 0.171. The second kappa shape index (κ2) is 14.1. The predicted octanol–water partition coefficient (Wildman–Crippen LogP) is 14.5. The standard InChI is InChI=1S/C55H35N3/c1-2-12-36(13-3-1)48-34-44-17-7-9-22-51(44)52(35-48)55-57-53(56-54(58-55)47-29-24-37-14-4-5-16-39(37)32-47)46-20-10-19-40(33-46)41-25-26-43-31-45(28-27-42(43)30-41)50-23-11-18-38-15-6-8-21-49(38)50/h1-35H. The molecule has 3 nitrogen and oxygen atoms in total. The van der Waals surface area contributed by atoms with Crippen molar-refractivity contribution in [1.82, 2.24) is 15.0 Å². The van der Waals surface area contributed by atoms with E-state index in [1.165, 1.54) is 38.1 Å². The van der Waals surface area contributed by atoms with E-state index < -0.39 is 0 Å². The van der Waals surface area contributed by atoms with Gasteiger partial charge in [-0.25, -0.2) is 15.0 Å². The third-order valence-corrected chi connectivity index (χ3v) is 11.2. The van der Waals surface area contributed by atoms with Gasteiger partial charge in [0.05, 0.1) is 0 Å². The zero-order chi connectivity index (χ0) is 38.4. The molecule has 0 saturated heterocycles. The normalized spacial score (nSPS) is 11.4. The van der Waals surface area contributed by atoms with Gasteiger partial charge in [0.15, 0.2) is 17.5 Å². The van der Waals surface area contributed by atoms with Crippen LogP contribution in [0.4, 0.5) is 0 Å². The van der Waals surface area contributed by atoms with Crippen LogP contribution in [0.2, 0.25) is 0 Å². The SMILES string of the molecule is c1ccc(-c2cc(-c3nc(-c4cccc(-c5ccc6cc(-c7cccc8ccccc78)ccc6c5)c4)nc(-c4ccc5ccccc5c4)n3)c3ccccc3c2)cc1. The van der Waals surface area contributed by atoms with Crippen LogP contribution in [0.5, 0.6) is 0 Å². The van der Waals surface area contributed by atoms with Crippen molar-refractivity contribution < 1.29 is 0 Å². The van der Waals surface area contributed by atoms with Gasteiger partial charge in [0.1, 0.15) is 0 Å². The van der Waals surface area contributed by atoms with Crippen LogP contribution in [0.1, 0.15) is 0 Å². The van der Waals surface area contributed by atoms with E-state index in [0.29, 0.717) is 17.5 Å². The van der Waals surface area contributed by atoms with Crippen LogP contribution in [-0.4, -0.2) is 15.0 Å². The summed E-state index contributed by atoms with van der Waals surface area (Å²) in [5.74, 6) is 1.91. The molecule has 1 heterocycles. The molecule has 0 fully saturated rings. The molecule has 58 heavy (non-hydrogen) atoms. The summed E-state index contributed by atoms with van der Waals surface area (Å²) >= 11 is 0. The average Bonchev–Trinajstić information content (AvgIpc) is 3.30. The highest BCUT2D eigenvalue weighted by atomic mass is 15.0. The molecule has 0 N–H and O–H groups in total. The van der Waals surface area contributed by atoms with Gasteiger partial charge in [-0.1, -0.05) is 176 Å². The first-order valence-corrected chi connectivity index (χ1v) is 19.7. The Bertz CT molecular complexity index is 3340. The van der Waals surface area contributed by atoms with Crippen molar-refractivity contribution in [2.45, 2.75) is 0 Å².